The molecular weight excluding hydrogens is 522 g/mol. The standard InChI is InChI=1S/C26H15BrClNO5/c27-14-7-11-16(12-8-14)29-24(32)19-20(25(29)33)26(34-21(19)13-5-9-15(28)10-6-13)22(30)17-3-1-2-4-18(17)23(26)31/h1-12,19-21H/t19-,20-,21-/m1/s1. The summed E-state index contributed by atoms with van der Waals surface area (Å²) in [6, 6.07) is 19.8. The highest BCUT2D eigenvalue weighted by Gasteiger charge is 2.74. The summed E-state index contributed by atoms with van der Waals surface area (Å²) in [4.78, 5) is 56.0. The van der Waals surface area contributed by atoms with Gasteiger partial charge in [-0.1, -0.05) is 63.9 Å². The summed E-state index contributed by atoms with van der Waals surface area (Å²) in [7, 11) is 0. The third-order valence-corrected chi connectivity index (χ3v) is 7.58. The molecule has 8 heteroatoms. The summed E-state index contributed by atoms with van der Waals surface area (Å²) in [6.45, 7) is 0. The largest absolute Gasteiger partial charge is 0.349 e. The second-order valence-electron chi connectivity index (χ2n) is 8.52. The van der Waals surface area contributed by atoms with Crippen molar-refractivity contribution in [1.29, 1.82) is 0 Å². The maximum absolute atomic E-state index is 13.8. The zero-order chi connectivity index (χ0) is 23.8. The Bertz CT molecular complexity index is 1370. The quantitative estimate of drug-likeness (QED) is 0.347. The van der Waals surface area contributed by atoms with E-state index >= 15 is 0 Å². The van der Waals surface area contributed by atoms with Gasteiger partial charge in [-0.15, -0.1) is 0 Å². The number of ether oxygens (including phenoxy) is 1. The van der Waals surface area contributed by atoms with Crippen LogP contribution in [-0.2, 0) is 14.3 Å². The third kappa shape index (κ3) is 2.72. The van der Waals surface area contributed by atoms with Gasteiger partial charge in [-0.05, 0) is 42.0 Å². The summed E-state index contributed by atoms with van der Waals surface area (Å²) in [6.07, 6.45) is -0.971. The lowest BCUT2D eigenvalue weighted by Gasteiger charge is -2.27. The first-order chi connectivity index (χ1) is 16.3. The van der Waals surface area contributed by atoms with E-state index in [0.717, 1.165) is 9.37 Å². The van der Waals surface area contributed by atoms with Crippen molar-refractivity contribution in [3.63, 3.8) is 0 Å². The van der Waals surface area contributed by atoms with Gasteiger partial charge in [0.1, 0.15) is 0 Å². The maximum atomic E-state index is 13.8. The van der Waals surface area contributed by atoms with Crippen LogP contribution in [0.15, 0.2) is 77.3 Å². The minimum absolute atomic E-state index is 0.199. The van der Waals surface area contributed by atoms with Crippen LogP contribution in [0.1, 0.15) is 32.4 Å². The number of carbonyl (C=O) groups is 4. The second-order valence-corrected chi connectivity index (χ2v) is 9.87. The number of Topliss-reactive ketones (excluding diaryl/α,β-unsaturated/α-hetero) is 2. The van der Waals surface area contributed by atoms with Crippen molar-refractivity contribution >= 4 is 56.6 Å². The first-order valence-corrected chi connectivity index (χ1v) is 11.8. The van der Waals surface area contributed by atoms with Gasteiger partial charge in [-0.3, -0.25) is 19.2 Å². The lowest BCUT2D eigenvalue weighted by atomic mass is 9.77. The molecule has 2 heterocycles. The molecule has 0 N–H and O–H groups in total. The van der Waals surface area contributed by atoms with Gasteiger partial charge >= 0.3 is 0 Å². The van der Waals surface area contributed by atoms with E-state index in [1.807, 2.05) is 0 Å². The summed E-state index contributed by atoms with van der Waals surface area (Å²) in [5.74, 6) is -4.62. The van der Waals surface area contributed by atoms with Crippen molar-refractivity contribution < 1.29 is 23.9 Å². The van der Waals surface area contributed by atoms with Crippen molar-refractivity contribution in [2.24, 2.45) is 11.8 Å². The molecule has 168 valence electrons. The number of benzene rings is 3. The number of rotatable bonds is 2. The number of halogens is 2. The SMILES string of the molecule is O=C1[C@H]2[C@@H](c3ccc(Cl)cc3)OC3(C(=O)c4ccccc4C3=O)[C@H]2C(=O)N1c1ccc(Br)cc1. The predicted molar refractivity (Wildman–Crippen MR) is 127 cm³/mol. The van der Waals surface area contributed by atoms with E-state index in [1.165, 1.54) is 0 Å². The zero-order valence-corrected chi connectivity index (χ0v) is 19.7. The van der Waals surface area contributed by atoms with Crippen LogP contribution in [-0.4, -0.2) is 29.0 Å². The molecule has 3 atom stereocenters. The molecule has 0 saturated carbocycles. The van der Waals surface area contributed by atoms with Crippen LogP contribution < -0.4 is 4.90 Å². The third-order valence-electron chi connectivity index (χ3n) is 6.80. The highest BCUT2D eigenvalue weighted by molar-refractivity contribution is 9.10. The Hall–Kier alpha value is -3.13. The fourth-order valence-electron chi connectivity index (χ4n) is 5.32. The van der Waals surface area contributed by atoms with Crippen molar-refractivity contribution in [2.75, 3.05) is 4.90 Å². The number of imide groups is 1. The van der Waals surface area contributed by atoms with Gasteiger partial charge in [0, 0.05) is 20.6 Å². The lowest BCUT2D eigenvalue weighted by Crippen LogP contribution is -2.51. The van der Waals surface area contributed by atoms with E-state index in [0.29, 0.717) is 16.3 Å². The number of ketones is 2. The Balaban J connectivity index is 1.54. The first-order valence-electron chi connectivity index (χ1n) is 10.6. The average molecular weight is 537 g/mol. The van der Waals surface area contributed by atoms with Crippen LogP contribution in [0.25, 0.3) is 0 Å². The van der Waals surface area contributed by atoms with E-state index in [9.17, 15) is 19.2 Å². The van der Waals surface area contributed by atoms with Crippen molar-refractivity contribution in [1.82, 2.24) is 0 Å². The molecule has 1 spiro atoms. The molecule has 34 heavy (non-hydrogen) atoms. The molecule has 3 aliphatic rings. The molecule has 0 unspecified atom stereocenters. The Morgan fingerprint density at radius 1 is 0.794 bits per heavy atom. The maximum Gasteiger partial charge on any atom is 0.241 e. The van der Waals surface area contributed by atoms with Gasteiger partial charge in [0.25, 0.3) is 0 Å². The Kier molecular flexibility index (Phi) is 4.68. The van der Waals surface area contributed by atoms with Crippen molar-refractivity contribution in [2.45, 2.75) is 11.7 Å². The van der Waals surface area contributed by atoms with Gasteiger partial charge in [-0.25, -0.2) is 4.90 Å². The fraction of sp³-hybridized carbons (Fsp3) is 0.154. The minimum Gasteiger partial charge on any atom is -0.349 e. The average Bonchev–Trinajstić information content (AvgIpc) is 3.40. The molecule has 2 amide bonds. The highest BCUT2D eigenvalue weighted by Crippen LogP contribution is 2.57. The van der Waals surface area contributed by atoms with Crippen LogP contribution in [0.5, 0.6) is 0 Å². The van der Waals surface area contributed by atoms with E-state index in [4.69, 9.17) is 16.3 Å². The summed E-state index contributed by atoms with van der Waals surface area (Å²) in [5.41, 5.74) is -0.759. The molecule has 6 rings (SSSR count). The number of amides is 2. The second kappa shape index (κ2) is 7.43. The number of hydrogen-bond donors (Lipinski definition) is 0. The first kappa shape index (κ1) is 21.4. The van der Waals surface area contributed by atoms with Gasteiger partial charge in [-0.2, -0.15) is 0 Å². The molecule has 6 nitrogen and oxygen atoms in total. The van der Waals surface area contributed by atoms with Gasteiger partial charge in [0.2, 0.25) is 29.0 Å². The molecule has 3 aromatic carbocycles. The number of carbonyl (C=O) groups excluding carboxylic acids is 4. The molecule has 0 radical (unpaired) electrons. The summed E-state index contributed by atoms with van der Waals surface area (Å²) >= 11 is 9.39. The van der Waals surface area contributed by atoms with Crippen molar-refractivity contribution in [3.05, 3.63) is 99.0 Å². The monoisotopic (exact) mass is 535 g/mol. The summed E-state index contributed by atoms with van der Waals surface area (Å²) < 4.78 is 7.02. The van der Waals surface area contributed by atoms with Gasteiger partial charge < -0.3 is 4.74 Å². The molecular formula is C26H15BrClNO5. The lowest BCUT2D eigenvalue weighted by molar-refractivity contribution is -0.127. The van der Waals surface area contributed by atoms with Crippen LogP contribution >= 0.6 is 27.5 Å². The minimum atomic E-state index is -2.09. The Morgan fingerprint density at radius 2 is 1.38 bits per heavy atom. The Labute approximate surface area is 207 Å². The Morgan fingerprint density at radius 3 is 1.97 bits per heavy atom. The number of fused-ring (bicyclic) bond motifs is 3. The molecule has 2 saturated heterocycles. The molecule has 2 aliphatic heterocycles. The molecule has 3 aromatic rings. The van der Waals surface area contributed by atoms with Crippen LogP contribution in [0, 0.1) is 11.8 Å². The number of hydrogen-bond acceptors (Lipinski definition) is 5. The number of nitrogens with zero attached hydrogens (tertiary/aromatic N) is 1. The van der Waals surface area contributed by atoms with E-state index in [1.54, 1.807) is 72.8 Å². The van der Waals surface area contributed by atoms with Gasteiger partial charge in [0.05, 0.1) is 23.6 Å². The fourth-order valence-corrected chi connectivity index (χ4v) is 5.71. The normalized spacial score (nSPS) is 24.8. The molecule has 1 aliphatic carbocycles. The predicted octanol–water partition coefficient (Wildman–Crippen LogP) is 4.80. The zero-order valence-electron chi connectivity index (χ0n) is 17.4. The highest BCUT2D eigenvalue weighted by atomic mass is 79.9. The van der Waals surface area contributed by atoms with E-state index in [-0.39, 0.29) is 11.1 Å². The molecule has 0 bridgehead atoms. The van der Waals surface area contributed by atoms with Crippen LogP contribution in [0.4, 0.5) is 5.69 Å². The number of anilines is 1. The van der Waals surface area contributed by atoms with Crippen LogP contribution in [0.3, 0.4) is 0 Å². The van der Waals surface area contributed by atoms with E-state index in [2.05, 4.69) is 15.9 Å². The van der Waals surface area contributed by atoms with Crippen LogP contribution in [0.2, 0.25) is 5.02 Å². The molecule has 0 aromatic heterocycles. The van der Waals surface area contributed by atoms with Crippen molar-refractivity contribution in [3.8, 4) is 0 Å². The molecule has 2 fully saturated rings. The topological polar surface area (TPSA) is 80.8 Å². The van der Waals surface area contributed by atoms with Gasteiger partial charge in [0.15, 0.2) is 0 Å². The smallest absolute Gasteiger partial charge is 0.241 e. The van der Waals surface area contributed by atoms with E-state index < -0.39 is 46.9 Å². The summed E-state index contributed by atoms with van der Waals surface area (Å²) in [5, 5.41) is 0.485.